The Kier molecular flexibility index (Phi) is 9.52. The molecule has 34 heavy (non-hydrogen) atoms. The van der Waals surface area contributed by atoms with Gasteiger partial charge in [0.05, 0.1) is 25.0 Å². The van der Waals surface area contributed by atoms with Gasteiger partial charge in [-0.1, -0.05) is 12.1 Å². The minimum atomic E-state index is -1.54. The maximum atomic E-state index is 12.7. The number of H-pyrrole nitrogens is 1. The summed E-state index contributed by atoms with van der Waals surface area (Å²) in [6.07, 6.45) is 1.70. The number of rotatable bonds is 12. The molecule has 0 spiro atoms. The quantitative estimate of drug-likeness (QED) is 0.166. The second-order valence-corrected chi connectivity index (χ2v) is 7.66. The summed E-state index contributed by atoms with van der Waals surface area (Å²) < 4.78 is 0. The van der Waals surface area contributed by atoms with E-state index in [1.54, 1.807) is 12.1 Å². The van der Waals surface area contributed by atoms with Gasteiger partial charge in [-0.15, -0.1) is 0 Å². The van der Waals surface area contributed by atoms with Gasteiger partial charge in [0.15, 0.2) is 6.04 Å². The lowest BCUT2D eigenvalue weighted by Crippen LogP contribution is -2.55. The first-order chi connectivity index (χ1) is 16.1. The van der Waals surface area contributed by atoms with Crippen molar-refractivity contribution in [3.05, 3.63) is 48.0 Å². The molecule has 1 heterocycles. The van der Waals surface area contributed by atoms with Gasteiger partial charge in [0.1, 0.15) is 11.8 Å². The van der Waals surface area contributed by atoms with Crippen LogP contribution in [0, 0.1) is 0 Å². The number of aliphatic hydroxyl groups is 1. The Hall–Kier alpha value is -3.97. The molecule has 0 aliphatic heterocycles. The van der Waals surface area contributed by atoms with E-state index in [4.69, 9.17) is 10.8 Å². The third-order valence-electron chi connectivity index (χ3n) is 4.83. The number of carboxylic acid groups (broad SMARTS) is 1. The number of hydrogen-bond donors (Lipinski definition) is 8. The Morgan fingerprint density at radius 1 is 1.09 bits per heavy atom. The maximum absolute atomic E-state index is 12.7. The highest BCUT2D eigenvalue weighted by molar-refractivity contribution is 5.92. The van der Waals surface area contributed by atoms with Gasteiger partial charge in [-0.2, -0.15) is 0 Å². The fourth-order valence-electron chi connectivity index (χ4n) is 2.99. The lowest BCUT2D eigenvalue weighted by Gasteiger charge is -2.21. The summed E-state index contributed by atoms with van der Waals surface area (Å²) in [5.74, 6) is -3.51. The molecule has 0 radical (unpaired) electrons. The highest BCUT2D eigenvalue weighted by atomic mass is 16.4. The SMILES string of the molecule is CC(O)C(NC(=O)CNC(=O)C(Cc1cnc[nH]1)NC(=O)C(N)Cc1ccc(O)cc1)C(=O)O. The summed E-state index contributed by atoms with van der Waals surface area (Å²) in [5.41, 5.74) is 7.22. The van der Waals surface area contributed by atoms with Crippen LogP contribution in [0.4, 0.5) is 0 Å². The number of nitrogens with one attached hydrogen (secondary N) is 4. The van der Waals surface area contributed by atoms with Crippen molar-refractivity contribution in [3.63, 3.8) is 0 Å². The largest absolute Gasteiger partial charge is 0.508 e. The lowest BCUT2D eigenvalue weighted by atomic mass is 10.0. The molecule has 0 aliphatic carbocycles. The molecule has 0 saturated carbocycles. The first-order valence-electron chi connectivity index (χ1n) is 10.4. The number of carbonyl (C=O) groups excluding carboxylic acids is 3. The molecule has 2 aromatic rings. The third kappa shape index (κ3) is 8.18. The number of hydrogen-bond acceptors (Lipinski definition) is 8. The molecule has 2 rings (SSSR count). The van der Waals surface area contributed by atoms with Crippen LogP contribution in [-0.4, -0.2) is 79.8 Å². The Balaban J connectivity index is 1.99. The third-order valence-corrected chi connectivity index (χ3v) is 4.83. The molecule has 1 aromatic carbocycles. The minimum Gasteiger partial charge on any atom is -0.508 e. The van der Waals surface area contributed by atoms with E-state index in [0.717, 1.165) is 0 Å². The van der Waals surface area contributed by atoms with Crippen LogP contribution < -0.4 is 21.7 Å². The van der Waals surface area contributed by atoms with E-state index in [2.05, 4.69) is 25.9 Å². The molecule has 0 aliphatic rings. The van der Waals surface area contributed by atoms with E-state index < -0.39 is 54.5 Å². The zero-order valence-corrected chi connectivity index (χ0v) is 18.4. The first kappa shape index (κ1) is 26.3. The zero-order chi connectivity index (χ0) is 25.3. The fourth-order valence-corrected chi connectivity index (χ4v) is 2.99. The molecule has 1 aromatic heterocycles. The Labute approximate surface area is 194 Å². The second-order valence-electron chi connectivity index (χ2n) is 7.66. The van der Waals surface area contributed by atoms with Crippen molar-refractivity contribution >= 4 is 23.7 Å². The van der Waals surface area contributed by atoms with Gasteiger partial charge in [-0.25, -0.2) is 9.78 Å². The molecule has 184 valence electrons. The van der Waals surface area contributed by atoms with Gasteiger partial charge in [-0.3, -0.25) is 14.4 Å². The number of nitrogens with two attached hydrogens (primary N) is 1. The number of carboxylic acids is 1. The van der Waals surface area contributed by atoms with Crippen molar-refractivity contribution in [1.29, 1.82) is 0 Å². The van der Waals surface area contributed by atoms with Crippen LogP contribution in [0.25, 0.3) is 0 Å². The molecular weight excluding hydrogens is 448 g/mol. The van der Waals surface area contributed by atoms with Crippen LogP contribution in [0.5, 0.6) is 5.75 Å². The van der Waals surface area contributed by atoms with Crippen LogP contribution in [0.2, 0.25) is 0 Å². The number of phenolic OH excluding ortho intramolecular Hbond substituents is 1. The van der Waals surface area contributed by atoms with Gasteiger partial charge in [0.2, 0.25) is 17.7 Å². The Morgan fingerprint density at radius 2 is 1.76 bits per heavy atom. The van der Waals surface area contributed by atoms with E-state index in [-0.39, 0.29) is 18.6 Å². The van der Waals surface area contributed by atoms with Crippen LogP contribution in [-0.2, 0) is 32.0 Å². The van der Waals surface area contributed by atoms with Crippen LogP contribution in [0.3, 0.4) is 0 Å². The van der Waals surface area contributed by atoms with Crippen LogP contribution >= 0.6 is 0 Å². The van der Waals surface area contributed by atoms with Crippen molar-refractivity contribution in [2.75, 3.05) is 6.54 Å². The maximum Gasteiger partial charge on any atom is 0.328 e. The Bertz CT molecular complexity index is 978. The normalized spacial score (nSPS) is 14.3. The molecule has 0 fully saturated rings. The second kappa shape index (κ2) is 12.3. The van der Waals surface area contributed by atoms with Crippen molar-refractivity contribution in [1.82, 2.24) is 25.9 Å². The number of aliphatic hydroxyl groups excluding tert-OH is 1. The summed E-state index contributed by atoms with van der Waals surface area (Å²) in [7, 11) is 0. The van der Waals surface area contributed by atoms with Gasteiger partial charge >= 0.3 is 5.97 Å². The predicted molar refractivity (Wildman–Crippen MR) is 118 cm³/mol. The zero-order valence-electron chi connectivity index (χ0n) is 18.4. The molecule has 4 atom stereocenters. The van der Waals surface area contributed by atoms with Gasteiger partial charge < -0.3 is 42.0 Å². The number of amides is 3. The van der Waals surface area contributed by atoms with E-state index in [1.165, 1.54) is 31.6 Å². The van der Waals surface area contributed by atoms with Crippen LogP contribution in [0.15, 0.2) is 36.8 Å². The van der Waals surface area contributed by atoms with Gasteiger partial charge in [-0.05, 0) is 31.0 Å². The summed E-state index contributed by atoms with van der Waals surface area (Å²) in [6.45, 7) is 0.624. The van der Waals surface area contributed by atoms with Crippen molar-refractivity contribution < 1.29 is 34.5 Å². The number of aromatic hydroxyl groups is 1. The van der Waals surface area contributed by atoms with E-state index in [1.807, 2.05) is 0 Å². The number of nitrogens with zero attached hydrogens (tertiary/aromatic N) is 1. The molecule has 0 bridgehead atoms. The monoisotopic (exact) mass is 476 g/mol. The standard InChI is InChI=1S/C21H28N6O7/c1-11(28)18(21(33)34)27-17(30)9-24-20(32)16(7-13-8-23-10-25-13)26-19(31)15(22)6-12-2-4-14(29)5-3-12/h2-5,8,10-11,15-16,18,28-29H,6-7,9,22H2,1H3,(H,23,25)(H,24,32)(H,26,31)(H,27,30)(H,33,34). The average Bonchev–Trinajstić information content (AvgIpc) is 3.29. The number of carbonyl (C=O) groups is 4. The highest BCUT2D eigenvalue weighted by Gasteiger charge is 2.27. The number of imidazole rings is 1. The Morgan fingerprint density at radius 3 is 2.32 bits per heavy atom. The molecular formula is C21H28N6O7. The van der Waals surface area contributed by atoms with E-state index in [0.29, 0.717) is 11.3 Å². The fraction of sp³-hybridized carbons (Fsp3) is 0.381. The molecule has 0 saturated heterocycles. The predicted octanol–water partition coefficient (Wildman–Crippen LogP) is -2.22. The number of aromatic nitrogens is 2. The number of aliphatic carboxylic acids is 1. The van der Waals surface area contributed by atoms with E-state index >= 15 is 0 Å². The number of aromatic amines is 1. The summed E-state index contributed by atoms with van der Waals surface area (Å²) >= 11 is 0. The topological polar surface area (TPSA) is 220 Å². The molecule has 3 amide bonds. The van der Waals surface area contributed by atoms with Crippen LogP contribution in [0.1, 0.15) is 18.2 Å². The number of benzene rings is 1. The lowest BCUT2D eigenvalue weighted by molar-refractivity contribution is -0.144. The molecule has 4 unspecified atom stereocenters. The average molecular weight is 476 g/mol. The highest BCUT2D eigenvalue weighted by Crippen LogP contribution is 2.11. The number of phenols is 1. The molecule has 9 N–H and O–H groups in total. The summed E-state index contributed by atoms with van der Waals surface area (Å²) in [4.78, 5) is 55.1. The van der Waals surface area contributed by atoms with Crippen molar-refractivity contribution in [3.8, 4) is 5.75 Å². The van der Waals surface area contributed by atoms with Gasteiger partial charge in [0.25, 0.3) is 0 Å². The first-order valence-corrected chi connectivity index (χ1v) is 10.4. The summed E-state index contributed by atoms with van der Waals surface area (Å²) in [6, 6.07) is 2.52. The summed E-state index contributed by atoms with van der Waals surface area (Å²) in [5, 5.41) is 34.8. The molecule has 13 nitrogen and oxygen atoms in total. The van der Waals surface area contributed by atoms with E-state index in [9.17, 15) is 29.4 Å². The van der Waals surface area contributed by atoms with Gasteiger partial charge in [0, 0.05) is 18.3 Å². The van der Waals surface area contributed by atoms with Crippen molar-refractivity contribution in [2.24, 2.45) is 5.73 Å². The minimum absolute atomic E-state index is 0.0244. The smallest absolute Gasteiger partial charge is 0.328 e. The van der Waals surface area contributed by atoms with Crippen molar-refractivity contribution in [2.45, 2.75) is 44.0 Å². The molecule has 13 heteroatoms.